The molecule has 0 aliphatic carbocycles. The van der Waals surface area contributed by atoms with Crippen LogP contribution in [-0.4, -0.2) is 48.6 Å². The highest BCUT2D eigenvalue weighted by Crippen LogP contribution is 2.33. The molecule has 1 aromatic heterocycles. The van der Waals surface area contributed by atoms with Gasteiger partial charge in [0.05, 0.1) is 12.7 Å². The summed E-state index contributed by atoms with van der Waals surface area (Å²) in [6.07, 6.45) is 3.22. The lowest BCUT2D eigenvalue weighted by atomic mass is 10.1. The van der Waals surface area contributed by atoms with E-state index in [1.165, 1.54) is 18.4 Å². The largest absolute Gasteiger partial charge is 0.465 e. The van der Waals surface area contributed by atoms with Crippen LogP contribution in [0.5, 0.6) is 0 Å². The predicted octanol–water partition coefficient (Wildman–Crippen LogP) is 2.70. The highest BCUT2D eigenvalue weighted by molar-refractivity contribution is 7.80. The van der Waals surface area contributed by atoms with E-state index in [-0.39, 0.29) is 11.9 Å². The van der Waals surface area contributed by atoms with Gasteiger partial charge in [0.25, 0.3) is 0 Å². The van der Waals surface area contributed by atoms with Crippen molar-refractivity contribution >= 4 is 45.5 Å². The zero-order valence-corrected chi connectivity index (χ0v) is 16.6. The van der Waals surface area contributed by atoms with E-state index in [0.717, 1.165) is 42.8 Å². The average molecular weight is 384 g/mol. The van der Waals surface area contributed by atoms with Gasteiger partial charge in [0.2, 0.25) is 5.91 Å². The van der Waals surface area contributed by atoms with E-state index in [4.69, 9.17) is 17.0 Å². The summed E-state index contributed by atoms with van der Waals surface area (Å²) < 4.78 is 4.91. The number of hydrogen-bond acceptors (Lipinski definition) is 5. The lowest BCUT2D eigenvalue weighted by Crippen LogP contribution is -2.33. The fourth-order valence-electron chi connectivity index (χ4n) is 2.97. The highest BCUT2D eigenvalue weighted by Gasteiger charge is 2.22. The van der Waals surface area contributed by atoms with Crippen LogP contribution in [0.1, 0.15) is 47.0 Å². The predicted molar refractivity (Wildman–Crippen MR) is 104 cm³/mol. The first-order valence-corrected chi connectivity index (χ1v) is 9.73. The fraction of sp³-hybridized carbons (Fsp3) is 0.588. The van der Waals surface area contributed by atoms with Crippen LogP contribution in [0.3, 0.4) is 0 Å². The van der Waals surface area contributed by atoms with E-state index >= 15 is 0 Å². The molecule has 1 aliphatic rings. The van der Waals surface area contributed by atoms with Crippen molar-refractivity contribution in [1.29, 1.82) is 0 Å². The number of thiophene rings is 1. The summed E-state index contributed by atoms with van der Waals surface area (Å²) in [6.45, 7) is 6.29. The summed E-state index contributed by atoms with van der Waals surface area (Å²) in [4.78, 5) is 26.6. The summed E-state index contributed by atoms with van der Waals surface area (Å²) in [5.74, 6) is -0.108. The van der Waals surface area contributed by atoms with Crippen LogP contribution in [0.15, 0.2) is 0 Å². The number of amides is 1. The number of nitrogens with one attached hydrogen (secondary N) is 2. The first kappa shape index (κ1) is 19.7. The number of esters is 1. The first-order chi connectivity index (χ1) is 12.0. The molecule has 6 nitrogen and oxygen atoms in total. The molecule has 1 amide bonds. The Hall–Kier alpha value is -1.67. The van der Waals surface area contributed by atoms with Gasteiger partial charge in [-0.25, -0.2) is 4.79 Å². The molecule has 0 bridgehead atoms. The van der Waals surface area contributed by atoms with Gasteiger partial charge in [-0.3, -0.25) is 4.79 Å². The van der Waals surface area contributed by atoms with Gasteiger partial charge in [0.15, 0.2) is 5.11 Å². The molecule has 2 N–H and O–H groups in total. The standard InChI is InChI=1S/C17H25N3O3S2/c1-4-12-11(2)25-15(14(12)16(22)23-3)19-17(24)18-8-6-10-20-9-5-7-13(20)21/h4-10H2,1-3H3,(H2,18,19,24). The molecule has 2 heterocycles. The second kappa shape index (κ2) is 9.15. The quantitative estimate of drug-likeness (QED) is 0.429. The van der Waals surface area contributed by atoms with E-state index in [9.17, 15) is 9.59 Å². The molecule has 1 aromatic rings. The maximum Gasteiger partial charge on any atom is 0.341 e. The van der Waals surface area contributed by atoms with Crippen molar-refractivity contribution in [2.45, 2.75) is 39.5 Å². The highest BCUT2D eigenvalue weighted by atomic mass is 32.1. The SMILES string of the molecule is CCc1c(C)sc(NC(=S)NCCCN2CCCC2=O)c1C(=O)OC. The second-order valence-electron chi connectivity index (χ2n) is 5.90. The number of thiocarbonyl (C=S) groups is 1. The van der Waals surface area contributed by atoms with Crippen molar-refractivity contribution in [3.8, 4) is 0 Å². The fourth-order valence-corrected chi connectivity index (χ4v) is 4.38. The Morgan fingerprint density at radius 2 is 2.20 bits per heavy atom. The smallest absolute Gasteiger partial charge is 0.341 e. The topological polar surface area (TPSA) is 70.7 Å². The number of methoxy groups -OCH3 is 1. The summed E-state index contributed by atoms with van der Waals surface area (Å²) in [7, 11) is 1.38. The molecule has 2 rings (SSSR count). The van der Waals surface area contributed by atoms with Crippen LogP contribution >= 0.6 is 23.6 Å². The lowest BCUT2D eigenvalue weighted by molar-refractivity contribution is -0.127. The number of aryl methyl sites for hydroxylation is 1. The molecule has 8 heteroatoms. The van der Waals surface area contributed by atoms with Crippen molar-refractivity contribution < 1.29 is 14.3 Å². The van der Waals surface area contributed by atoms with E-state index < -0.39 is 0 Å². The maximum atomic E-state index is 12.1. The van der Waals surface area contributed by atoms with E-state index in [1.54, 1.807) is 0 Å². The summed E-state index contributed by atoms with van der Waals surface area (Å²) >= 11 is 6.84. The van der Waals surface area contributed by atoms with Gasteiger partial charge < -0.3 is 20.3 Å². The molecule has 1 fully saturated rings. The van der Waals surface area contributed by atoms with Gasteiger partial charge in [-0.05, 0) is 44.0 Å². The maximum absolute atomic E-state index is 12.1. The number of carbonyl (C=O) groups excluding carboxylic acids is 2. The molecule has 1 aliphatic heterocycles. The molecule has 0 unspecified atom stereocenters. The van der Waals surface area contributed by atoms with Crippen molar-refractivity contribution in [1.82, 2.24) is 10.2 Å². The van der Waals surface area contributed by atoms with Gasteiger partial charge in [0.1, 0.15) is 5.00 Å². The number of carbonyl (C=O) groups is 2. The molecule has 1 saturated heterocycles. The Kier molecular flexibility index (Phi) is 7.19. The summed E-state index contributed by atoms with van der Waals surface area (Å²) in [6, 6.07) is 0. The summed E-state index contributed by atoms with van der Waals surface area (Å²) in [5.41, 5.74) is 1.56. The zero-order valence-electron chi connectivity index (χ0n) is 14.9. The van der Waals surface area contributed by atoms with Crippen LogP contribution in [0.2, 0.25) is 0 Å². The molecule has 138 valence electrons. The van der Waals surface area contributed by atoms with Crippen molar-refractivity contribution in [2.75, 3.05) is 32.1 Å². The third-order valence-corrected chi connectivity index (χ3v) is 5.55. The molecule has 0 radical (unpaired) electrons. The molecule has 25 heavy (non-hydrogen) atoms. The minimum absolute atomic E-state index is 0.240. The van der Waals surface area contributed by atoms with E-state index in [1.807, 2.05) is 18.7 Å². The van der Waals surface area contributed by atoms with Gasteiger partial charge in [-0.15, -0.1) is 11.3 Å². The van der Waals surface area contributed by atoms with Crippen LogP contribution in [0.25, 0.3) is 0 Å². The van der Waals surface area contributed by atoms with Crippen LogP contribution in [0.4, 0.5) is 5.00 Å². The van der Waals surface area contributed by atoms with Gasteiger partial charge in [-0.2, -0.15) is 0 Å². The van der Waals surface area contributed by atoms with Crippen molar-refractivity contribution in [3.63, 3.8) is 0 Å². The van der Waals surface area contributed by atoms with Gasteiger partial charge in [0, 0.05) is 30.9 Å². The number of likely N-dealkylation sites (tertiary alicyclic amines) is 1. The minimum atomic E-state index is -0.348. The Labute approximate surface area is 157 Å². The van der Waals surface area contributed by atoms with E-state index in [0.29, 0.717) is 28.6 Å². The van der Waals surface area contributed by atoms with Crippen LogP contribution < -0.4 is 10.6 Å². The molecular weight excluding hydrogens is 358 g/mol. The molecular formula is C17H25N3O3S2. The third-order valence-electron chi connectivity index (χ3n) is 4.24. The number of ether oxygens (including phenoxy) is 1. The Balaban J connectivity index is 1.87. The number of rotatable bonds is 7. The molecule has 0 aromatic carbocycles. The zero-order chi connectivity index (χ0) is 18.4. The first-order valence-electron chi connectivity index (χ1n) is 8.51. The average Bonchev–Trinajstić information content (AvgIpc) is 3.13. The number of hydrogen-bond donors (Lipinski definition) is 2. The lowest BCUT2D eigenvalue weighted by Gasteiger charge is -2.16. The van der Waals surface area contributed by atoms with Crippen molar-refractivity contribution in [3.05, 3.63) is 16.0 Å². The van der Waals surface area contributed by atoms with E-state index in [2.05, 4.69) is 10.6 Å². The monoisotopic (exact) mass is 383 g/mol. The molecule has 0 saturated carbocycles. The Morgan fingerprint density at radius 3 is 2.80 bits per heavy atom. The Bertz CT molecular complexity index is 658. The molecule has 0 atom stereocenters. The van der Waals surface area contributed by atoms with Crippen LogP contribution in [-0.2, 0) is 16.0 Å². The number of nitrogens with zero attached hydrogens (tertiary/aromatic N) is 1. The molecule has 0 spiro atoms. The van der Waals surface area contributed by atoms with Crippen molar-refractivity contribution in [2.24, 2.45) is 0 Å². The summed E-state index contributed by atoms with van der Waals surface area (Å²) in [5, 5.41) is 7.44. The van der Waals surface area contributed by atoms with Crippen LogP contribution in [0, 0.1) is 6.92 Å². The normalized spacial score (nSPS) is 13.9. The Morgan fingerprint density at radius 1 is 1.44 bits per heavy atom. The van der Waals surface area contributed by atoms with Gasteiger partial charge >= 0.3 is 5.97 Å². The number of anilines is 1. The van der Waals surface area contributed by atoms with Gasteiger partial charge in [-0.1, -0.05) is 6.92 Å². The second-order valence-corrected chi connectivity index (χ2v) is 7.54. The minimum Gasteiger partial charge on any atom is -0.465 e. The third kappa shape index (κ3) is 4.92.